The van der Waals surface area contributed by atoms with E-state index in [2.05, 4.69) is 6.07 Å². The molecule has 0 saturated carbocycles. The van der Waals surface area contributed by atoms with Gasteiger partial charge in [0, 0.05) is 11.6 Å². The second-order valence-electron chi connectivity index (χ2n) is 5.36. The molecule has 98 valence electrons. The van der Waals surface area contributed by atoms with E-state index < -0.39 is 11.7 Å². The van der Waals surface area contributed by atoms with Crippen molar-refractivity contribution in [3.8, 4) is 6.07 Å². The van der Waals surface area contributed by atoms with Crippen molar-refractivity contribution in [3.05, 3.63) is 36.0 Å². The van der Waals surface area contributed by atoms with Gasteiger partial charge >= 0.3 is 6.09 Å². The molecule has 4 heteroatoms. The van der Waals surface area contributed by atoms with Gasteiger partial charge < -0.3 is 4.74 Å². The first-order valence-corrected chi connectivity index (χ1v) is 6.11. The molecule has 0 N–H and O–H groups in total. The molecule has 0 aliphatic rings. The summed E-state index contributed by atoms with van der Waals surface area (Å²) in [7, 11) is 0. The Kier molecular flexibility index (Phi) is 3.30. The van der Waals surface area contributed by atoms with Gasteiger partial charge in [0.05, 0.1) is 18.0 Å². The van der Waals surface area contributed by atoms with Crippen molar-refractivity contribution < 1.29 is 9.53 Å². The van der Waals surface area contributed by atoms with Crippen LogP contribution < -0.4 is 0 Å². The van der Waals surface area contributed by atoms with Gasteiger partial charge in [-0.2, -0.15) is 5.26 Å². The number of ether oxygens (including phenoxy) is 1. The molecule has 0 fully saturated rings. The Morgan fingerprint density at radius 3 is 2.74 bits per heavy atom. The van der Waals surface area contributed by atoms with E-state index in [1.807, 2.05) is 45.0 Å². The van der Waals surface area contributed by atoms with Crippen LogP contribution in [0.4, 0.5) is 4.79 Å². The largest absolute Gasteiger partial charge is 0.443 e. The lowest BCUT2D eigenvalue weighted by Gasteiger charge is -2.20. The van der Waals surface area contributed by atoms with Crippen LogP contribution >= 0.6 is 0 Å². The van der Waals surface area contributed by atoms with E-state index in [-0.39, 0.29) is 6.42 Å². The Bertz CT molecular complexity index is 657. The highest BCUT2D eigenvalue weighted by Gasteiger charge is 2.19. The number of hydrogen-bond donors (Lipinski definition) is 0. The number of rotatable bonds is 1. The minimum absolute atomic E-state index is 0.268. The van der Waals surface area contributed by atoms with Crippen molar-refractivity contribution in [1.29, 1.82) is 5.26 Å². The van der Waals surface area contributed by atoms with Gasteiger partial charge in [-0.1, -0.05) is 18.2 Å². The van der Waals surface area contributed by atoms with Crippen molar-refractivity contribution in [2.45, 2.75) is 32.8 Å². The SMILES string of the molecule is CC(C)(C)OC(=O)n1ccc2cccc(CC#N)c21. The summed E-state index contributed by atoms with van der Waals surface area (Å²) in [5.41, 5.74) is 1.03. The molecule has 0 saturated heterocycles. The second-order valence-corrected chi connectivity index (χ2v) is 5.36. The molecular weight excluding hydrogens is 240 g/mol. The van der Waals surface area contributed by atoms with Gasteiger partial charge in [0.2, 0.25) is 0 Å². The van der Waals surface area contributed by atoms with Crippen LogP contribution in [0.3, 0.4) is 0 Å². The van der Waals surface area contributed by atoms with Gasteiger partial charge in [0.25, 0.3) is 0 Å². The number of aromatic nitrogens is 1. The summed E-state index contributed by atoms with van der Waals surface area (Å²) in [5, 5.41) is 9.79. The first-order valence-electron chi connectivity index (χ1n) is 6.11. The van der Waals surface area contributed by atoms with E-state index in [0.717, 1.165) is 16.5 Å². The number of hydrogen-bond acceptors (Lipinski definition) is 3. The lowest BCUT2D eigenvalue weighted by molar-refractivity contribution is 0.0544. The van der Waals surface area contributed by atoms with E-state index in [4.69, 9.17) is 10.00 Å². The molecule has 0 bridgehead atoms. The van der Waals surface area contributed by atoms with E-state index in [9.17, 15) is 4.79 Å². The highest BCUT2D eigenvalue weighted by Crippen LogP contribution is 2.22. The van der Waals surface area contributed by atoms with E-state index in [1.165, 1.54) is 4.57 Å². The molecule has 1 aromatic carbocycles. The van der Waals surface area contributed by atoms with Gasteiger partial charge in [-0.05, 0) is 32.4 Å². The molecule has 0 amide bonds. The Hall–Kier alpha value is -2.28. The summed E-state index contributed by atoms with van der Waals surface area (Å²) >= 11 is 0. The van der Waals surface area contributed by atoms with E-state index in [0.29, 0.717) is 0 Å². The Morgan fingerprint density at radius 1 is 1.37 bits per heavy atom. The molecule has 0 aliphatic carbocycles. The first kappa shape index (κ1) is 13.2. The van der Waals surface area contributed by atoms with Gasteiger partial charge in [0.1, 0.15) is 5.60 Å². The zero-order valence-corrected chi connectivity index (χ0v) is 11.3. The molecule has 0 spiro atoms. The molecule has 4 nitrogen and oxygen atoms in total. The standard InChI is InChI=1S/C15H16N2O2/c1-15(2,3)19-14(18)17-10-8-12-6-4-5-11(7-9-16)13(12)17/h4-6,8,10H,7H2,1-3H3. The number of benzene rings is 1. The van der Waals surface area contributed by atoms with Crippen LogP contribution in [0.15, 0.2) is 30.5 Å². The lowest BCUT2D eigenvalue weighted by Crippen LogP contribution is -2.26. The molecule has 0 aliphatic heterocycles. The lowest BCUT2D eigenvalue weighted by atomic mass is 10.1. The third-order valence-corrected chi connectivity index (χ3v) is 2.65. The average Bonchev–Trinajstić information content (AvgIpc) is 2.72. The maximum atomic E-state index is 12.1. The number of carbonyl (C=O) groups is 1. The molecule has 0 radical (unpaired) electrons. The van der Waals surface area contributed by atoms with Crippen molar-refractivity contribution in [2.24, 2.45) is 0 Å². The predicted octanol–water partition coefficient (Wildman–Crippen LogP) is 3.49. The zero-order valence-electron chi connectivity index (χ0n) is 11.3. The fourth-order valence-electron chi connectivity index (χ4n) is 1.96. The van der Waals surface area contributed by atoms with Crippen molar-refractivity contribution in [3.63, 3.8) is 0 Å². The van der Waals surface area contributed by atoms with Crippen molar-refractivity contribution >= 4 is 17.0 Å². The van der Waals surface area contributed by atoms with Crippen molar-refractivity contribution in [2.75, 3.05) is 0 Å². The summed E-state index contributed by atoms with van der Waals surface area (Å²) in [6.45, 7) is 5.48. The zero-order chi connectivity index (χ0) is 14.0. The molecule has 19 heavy (non-hydrogen) atoms. The average molecular weight is 256 g/mol. The fourth-order valence-corrected chi connectivity index (χ4v) is 1.96. The van der Waals surface area contributed by atoms with Crippen LogP contribution in [0.5, 0.6) is 0 Å². The molecule has 1 heterocycles. The third kappa shape index (κ3) is 2.76. The van der Waals surface area contributed by atoms with Crippen LogP contribution in [0.1, 0.15) is 26.3 Å². The predicted molar refractivity (Wildman–Crippen MR) is 72.9 cm³/mol. The number of nitrogens with zero attached hydrogens (tertiary/aromatic N) is 2. The van der Waals surface area contributed by atoms with Gasteiger partial charge in [-0.3, -0.25) is 4.57 Å². The minimum Gasteiger partial charge on any atom is -0.443 e. The summed E-state index contributed by atoms with van der Waals surface area (Å²) in [6, 6.07) is 9.61. The number of carbonyl (C=O) groups excluding carboxylic acids is 1. The summed E-state index contributed by atoms with van der Waals surface area (Å²) < 4.78 is 6.83. The maximum absolute atomic E-state index is 12.1. The van der Waals surface area contributed by atoms with Gasteiger partial charge in [-0.15, -0.1) is 0 Å². The number of fused-ring (bicyclic) bond motifs is 1. The molecule has 0 unspecified atom stereocenters. The topological polar surface area (TPSA) is 55.0 Å². The Morgan fingerprint density at radius 2 is 2.11 bits per heavy atom. The highest BCUT2D eigenvalue weighted by molar-refractivity contribution is 5.91. The normalized spacial score (nSPS) is 11.3. The Balaban J connectivity index is 2.50. The second kappa shape index (κ2) is 4.77. The molecule has 0 atom stereocenters. The molecular formula is C15H16N2O2. The first-order chi connectivity index (χ1) is 8.92. The van der Waals surface area contributed by atoms with Gasteiger partial charge in [-0.25, -0.2) is 4.79 Å². The molecule has 1 aromatic heterocycles. The summed E-state index contributed by atoms with van der Waals surface area (Å²) in [4.78, 5) is 12.1. The maximum Gasteiger partial charge on any atom is 0.419 e. The van der Waals surface area contributed by atoms with Crippen LogP contribution in [-0.2, 0) is 11.2 Å². The summed E-state index contributed by atoms with van der Waals surface area (Å²) in [5.74, 6) is 0. The molecule has 2 aromatic rings. The quantitative estimate of drug-likeness (QED) is 0.784. The minimum atomic E-state index is -0.544. The van der Waals surface area contributed by atoms with Crippen molar-refractivity contribution in [1.82, 2.24) is 4.57 Å². The van der Waals surface area contributed by atoms with E-state index >= 15 is 0 Å². The number of para-hydroxylation sites is 1. The Labute approximate surface area is 112 Å². The van der Waals surface area contributed by atoms with Gasteiger partial charge in [0.15, 0.2) is 0 Å². The highest BCUT2D eigenvalue weighted by atomic mass is 16.6. The number of nitriles is 1. The van der Waals surface area contributed by atoms with Crippen LogP contribution in [0.2, 0.25) is 0 Å². The fraction of sp³-hybridized carbons (Fsp3) is 0.333. The van der Waals surface area contributed by atoms with Crippen LogP contribution in [0, 0.1) is 11.3 Å². The van der Waals surface area contributed by atoms with E-state index in [1.54, 1.807) is 6.20 Å². The summed E-state index contributed by atoms with van der Waals surface area (Å²) in [6.07, 6.45) is 1.52. The van der Waals surface area contributed by atoms with Crippen LogP contribution in [0.25, 0.3) is 10.9 Å². The monoisotopic (exact) mass is 256 g/mol. The molecule has 2 rings (SSSR count). The third-order valence-electron chi connectivity index (χ3n) is 2.65. The van der Waals surface area contributed by atoms with Crippen LogP contribution in [-0.4, -0.2) is 16.3 Å². The smallest absolute Gasteiger partial charge is 0.419 e.